The summed E-state index contributed by atoms with van der Waals surface area (Å²) in [6, 6.07) is 17.7. The molecular formula is C19H15NO2S2. The Morgan fingerprint density at radius 1 is 0.917 bits per heavy atom. The molecule has 0 aliphatic rings. The van der Waals surface area contributed by atoms with Crippen LogP contribution in [0.5, 0.6) is 0 Å². The van der Waals surface area contributed by atoms with Crippen molar-refractivity contribution in [2.75, 3.05) is 4.72 Å². The van der Waals surface area contributed by atoms with E-state index in [2.05, 4.69) is 16.6 Å². The number of aryl methyl sites for hydroxylation is 1. The Morgan fingerprint density at radius 2 is 1.67 bits per heavy atom. The molecule has 2 aromatic carbocycles. The lowest BCUT2D eigenvalue weighted by molar-refractivity contribution is 0.601. The van der Waals surface area contributed by atoms with Crippen molar-refractivity contribution >= 4 is 27.0 Å². The second-order valence-electron chi connectivity index (χ2n) is 5.19. The van der Waals surface area contributed by atoms with E-state index in [1.807, 2.05) is 30.5 Å². The van der Waals surface area contributed by atoms with Crippen molar-refractivity contribution in [1.29, 1.82) is 0 Å². The molecule has 24 heavy (non-hydrogen) atoms. The predicted molar refractivity (Wildman–Crippen MR) is 98.7 cm³/mol. The Hall–Kier alpha value is -2.55. The van der Waals surface area contributed by atoms with Gasteiger partial charge in [0.05, 0.1) is 15.5 Å². The van der Waals surface area contributed by atoms with Gasteiger partial charge in [-0.2, -0.15) is 0 Å². The molecule has 0 saturated carbocycles. The van der Waals surface area contributed by atoms with Crippen LogP contribution < -0.4 is 4.72 Å². The SMILES string of the molecule is Cc1ccc(S(=O)(=O)Nc2ccccc2C#Cc2cccs2)cc1. The molecule has 0 saturated heterocycles. The van der Waals surface area contributed by atoms with Gasteiger partial charge in [0.2, 0.25) is 0 Å². The number of anilines is 1. The highest BCUT2D eigenvalue weighted by Crippen LogP contribution is 2.20. The summed E-state index contributed by atoms with van der Waals surface area (Å²) in [5.74, 6) is 6.08. The van der Waals surface area contributed by atoms with Crippen LogP contribution in [0, 0.1) is 18.8 Å². The number of thiophene rings is 1. The van der Waals surface area contributed by atoms with Crippen molar-refractivity contribution in [2.24, 2.45) is 0 Å². The summed E-state index contributed by atoms with van der Waals surface area (Å²) >= 11 is 1.55. The first kappa shape index (κ1) is 16.3. The van der Waals surface area contributed by atoms with Gasteiger partial charge in [-0.3, -0.25) is 4.72 Å². The zero-order valence-electron chi connectivity index (χ0n) is 13.0. The lowest BCUT2D eigenvalue weighted by Gasteiger charge is -2.10. The van der Waals surface area contributed by atoms with Crippen molar-refractivity contribution in [2.45, 2.75) is 11.8 Å². The molecule has 1 N–H and O–H groups in total. The summed E-state index contributed by atoms with van der Waals surface area (Å²) in [5, 5.41) is 1.95. The van der Waals surface area contributed by atoms with E-state index in [0.29, 0.717) is 11.3 Å². The van der Waals surface area contributed by atoms with Gasteiger partial charge in [-0.15, -0.1) is 11.3 Å². The van der Waals surface area contributed by atoms with Gasteiger partial charge in [-0.25, -0.2) is 8.42 Å². The molecule has 5 heteroatoms. The second-order valence-corrected chi connectivity index (χ2v) is 7.82. The van der Waals surface area contributed by atoms with Crippen LogP contribution in [0.2, 0.25) is 0 Å². The summed E-state index contributed by atoms with van der Waals surface area (Å²) < 4.78 is 27.7. The van der Waals surface area contributed by atoms with Crippen molar-refractivity contribution in [3.63, 3.8) is 0 Å². The summed E-state index contributed by atoms with van der Waals surface area (Å²) in [6.45, 7) is 1.92. The molecule has 0 amide bonds. The fourth-order valence-corrected chi connectivity index (χ4v) is 3.73. The molecule has 120 valence electrons. The van der Waals surface area contributed by atoms with E-state index in [-0.39, 0.29) is 4.90 Å². The monoisotopic (exact) mass is 353 g/mol. The van der Waals surface area contributed by atoms with Gasteiger partial charge >= 0.3 is 0 Å². The molecule has 3 nitrogen and oxygen atoms in total. The normalized spacial score (nSPS) is 10.7. The Balaban J connectivity index is 1.91. The smallest absolute Gasteiger partial charge is 0.261 e. The molecule has 0 radical (unpaired) electrons. The predicted octanol–water partition coefficient (Wildman–Crippen LogP) is 4.26. The maximum Gasteiger partial charge on any atom is 0.261 e. The third-order valence-corrected chi connectivity index (χ3v) is 5.51. The van der Waals surface area contributed by atoms with Crippen molar-refractivity contribution in [1.82, 2.24) is 0 Å². The number of rotatable bonds is 3. The highest BCUT2D eigenvalue weighted by atomic mass is 32.2. The quantitative estimate of drug-likeness (QED) is 0.715. The number of nitrogens with one attached hydrogen (secondary N) is 1. The van der Waals surface area contributed by atoms with Crippen LogP contribution in [0.4, 0.5) is 5.69 Å². The lowest BCUT2D eigenvalue weighted by atomic mass is 10.2. The first-order valence-corrected chi connectivity index (χ1v) is 9.65. The third-order valence-electron chi connectivity index (χ3n) is 3.34. The van der Waals surface area contributed by atoms with Gasteiger partial charge in [0, 0.05) is 5.56 Å². The van der Waals surface area contributed by atoms with Crippen LogP contribution in [0.15, 0.2) is 70.9 Å². The fourth-order valence-electron chi connectivity index (χ4n) is 2.08. The number of hydrogen-bond donors (Lipinski definition) is 1. The fraction of sp³-hybridized carbons (Fsp3) is 0.0526. The molecule has 0 aliphatic carbocycles. The number of para-hydroxylation sites is 1. The highest BCUT2D eigenvalue weighted by molar-refractivity contribution is 7.92. The molecule has 0 aliphatic heterocycles. The largest absolute Gasteiger partial charge is 0.278 e. The molecule has 1 heterocycles. The lowest BCUT2D eigenvalue weighted by Crippen LogP contribution is -2.13. The maximum absolute atomic E-state index is 12.5. The zero-order chi connectivity index (χ0) is 17.0. The minimum Gasteiger partial charge on any atom is -0.278 e. The number of sulfonamides is 1. The van der Waals surface area contributed by atoms with Crippen LogP contribution in [0.1, 0.15) is 16.0 Å². The van der Waals surface area contributed by atoms with Gasteiger partial charge < -0.3 is 0 Å². The van der Waals surface area contributed by atoms with E-state index in [0.717, 1.165) is 10.4 Å². The van der Waals surface area contributed by atoms with Gasteiger partial charge in [0.15, 0.2) is 0 Å². The van der Waals surface area contributed by atoms with Crippen molar-refractivity contribution in [3.8, 4) is 11.8 Å². The molecule has 0 unspecified atom stereocenters. The summed E-state index contributed by atoms with van der Waals surface area (Å²) in [4.78, 5) is 1.17. The molecule has 1 aromatic heterocycles. The van der Waals surface area contributed by atoms with Crippen molar-refractivity contribution in [3.05, 3.63) is 82.0 Å². The average Bonchev–Trinajstić information content (AvgIpc) is 3.07. The van der Waals surface area contributed by atoms with Crippen LogP contribution in [-0.4, -0.2) is 8.42 Å². The number of hydrogen-bond acceptors (Lipinski definition) is 3. The van der Waals surface area contributed by atoms with E-state index in [1.54, 1.807) is 53.8 Å². The van der Waals surface area contributed by atoms with Crippen LogP contribution in [-0.2, 0) is 10.0 Å². The Labute approximate surface area is 146 Å². The first-order chi connectivity index (χ1) is 11.5. The van der Waals surface area contributed by atoms with E-state index in [9.17, 15) is 8.42 Å². The van der Waals surface area contributed by atoms with Crippen LogP contribution >= 0.6 is 11.3 Å². The molecule has 0 atom stereocenters. The summed E-state index contributed by atoms with van der Waals surface area (Å²) in [7, 11) is -3.64. The van der Waals surface area contributed by atoms with E-state index in [4.69, 9.17) is 0 Å². The Kier molecular flexibility index (Phi) is 4.70. The minimum absolute atomic E-state index is 0.231. The van der Waals surface area contributed by atoms with Gasteiger partial charge in [0.1, 0.15) is 0 Å². The highest BCUT2D eigenvalue weighted by Gasteiger charge is 2.15. The van der Waals surface area contributed by atoms with Crippen LogP contribution in [0.25, 0.3) is 0 Å². The molecule has 0 fully saturated rings. The zero-order valence-corrected chi connectivity index (χ0v) is 14.6. The third kappa shape index (κ3) is 3.85. The molecule has 0 bridgehead atoms. The van der Waals surface area contributed by atoms with E-state index >= 15 is 0 Å². The van der Waals surface area contributed by atoms with Crippen molar-refractivity contribution < 1.29 is 8.42 Å². The minimum atomic E-state index is -3.64. The van der Waals surface area contributed by atoms with Gasteiger partial charge in [-0.1, -0.05) is 47.7 Å². The van der Waals surface area contributed by atoms with E-state index in [1.165, 1.54) is 0 Å². The average molecular weight is 353 g/mol. The maximum atomic E-state index is 12.5. The van der Waals surface area contributed by atoms with Gasteiger partial charge in [0.25, 0.3) is 10.0 Å². The number of benzene rings is 2. The van der Waals surface area contributed by atoms with E-state index < -0.39 is 10.0 Å². The standard InChI is InChI=1S/C19H15NO2S2/c1-15-8-12-18(13-9-15)24(21,22)20-19-7-3-2-5-16(19)10-11-17-6-4-14-23-17/h2-9,12-14,20H,1H3. The van der Waals surface area contributed by atoms with Crippen LogP contribution in [0.3, 0.4) is 0 Å². The Bertz CT molecular complexity index is 994. The molecule has 3 aromatic rings. The second kappa shape index (κ2) is 6.91. The molecule has 3 rings (SSSR count). The summed E-state index contributed by atoms with van der Waals surface area (Å²) in [5.41, 5.74) is 2.12. The first-order valence-electron chi connectivity index (χ1n) is 7.29. The van der Waals surface area contributed by atoms with Gasteiger partial charge in [-0.05, 0) is 42.6 Å². The molecule has 0 spiro atoms. The topological polar surface area (TPSA) is 46.2 Å². The summed E-state index contributed by atoms with van der Waals surface area (Å²) in [6.07, 6.45) is 0. The Morgan fingerprint density at radius 3 is 2.38 bits per heavy atom. The molecular weight excluding hydrogens is 338 g/mol.